The second kappa shape index (κ2) is 9.44. The van der Waals surface area contributed by atoms with Gasteiger partial charge in [-0.15, -0.1) is 0 Å². The SMILES string of the molecule is COc1ccccc1C=CC1C(C(=O)OCc2ccccc2)=C(C)N=C2SC(C)C(=O)N21. The zero-order chi connectivity index (χ0) is 22.7. The van der Waals surface area contributed by atoms with E-state index in [2.05, 4.69) is 4.99 Å². The Labute approximate surface area is 191 Å². The van der Waals surface area contributed by atoms with Crippen LogP contribution in [0.3, 0.4) is 0 Å². The Bertz CT molecular complexity index is 1120. The van der Waals surface area contributed by atoms with Gasteiger partial charge < -0.3 is 9.47 Å². The van der Waals surface area contributed by atoms with Crippen LogP contribution in [0.25, 0.3) is 6.08 Å². The molecule has 0 aromatic heterocycles. The van der Waals surface area contributed by atoms with E-state index in [9.17, 15) is 9.59 Å². The van der Waals surface area contributed by atoms with Gasteiger partial charge in [-0.05, 0) is 25.5 Å². The minimum Gasteiger partial charge on any atom is -0.496 e. The summed E-state index contributed by atoms with van der Waals surface area (Å²) in [5.74, 6) is 0.142. The quantitative estimate of drug-likeness (QED) is 0.612. The van der Waals surface area contributed by atoms with Gasteiger partial charge >= 0.3 is 5.97 Å². The number of methoxy groups -OCH3 is 1. The van der Waals surface area contributed by atoms with Gasteiger partial charge in [0.15, 0.2) is 5.17 Å². The van der Waals surface area contributed by atoms with Crippen molar-refractivity contribution in [2.75, 3.05) is 7.11 Å². The Hall–Kier alpha value is -3.32. The van der Waals surface area contributed by atoms with Gasteiger partial charge in [-0.3, -0.25) is 9.69 Å². The highest BCUT2D eigenvalue weighted by molar-refractivity contribution is 8.15. The van der Waals surface area contributed by atoms with E-state index >= 15 is 0 Å². The number of hydrogen-bond acceptors (Lipinski definition) is 6. The standard InChI is InChI=1S/C25H24N2O4S/c1-16-22(24(29)31-15-18-9-5-4-6-10-18)20(27-23(28)17(2)32-25(27)26-16)14-13-19-11-7-8-12-21(19)30-3/h4-14,17,20H,15H2,1-3H3. The molecule has 0 radical (unpaired) electrons. The number of carbonyl (C=O) groups is 2. The summed E-state index contributed by atoms with van der Waals surface area (Å²) in [4.78, 5) is 32.2. The summed E-state index contributed by atoms with van der Waals surface area (Å²) in [6.45, 7) is 3.77. The normalized spacial score (nSPS) is 20.4. The molecule has 0 aliphatic carbocycles. The highest BCUT2D eigenvalue weighted by Crippen LogP contribution is 2.37. The van der Waals surface area contributed by atoms with Crippen molar-refractivity contribution in [1.82, 2.24) is 4.90 Å². The molecule has 32 heavy (non-hydrogen) atoms. The first-order valence-electron chi connectivity index (χ1n) is 10.3. The number of carbonyl (C=O) groups excluding carboxylic acids is 2. The summed E-state index contributed by atoms with van der Waals surface area (Å²) in [5, 5.41) is 0.345. The van der Waals surface area contributed by atoms with Gasteiger partial charge in [0.2, 0.25) is 5.91 Å². The van der Waals surface area contributed by atoms with Crippen LogP contribution in [0.4, 0.5) is 0 Å². The first-order valence-corrected chi connectivity index (χ1v) is 11.2. The molecule has 2 unspecified atom stereocenters. The lowest BCUT2D eigenvalue weighted by Crippen LogP contribution is -2.45. The maximum atomic E-state index is 13.2. The molecule has 0 bridgehead atoms. The predicted octanol–water partition coefficient (Wildman–Crippen LogP) is 4.43. The minimum absolute atomic E-state index is 0.0794. The minimum atomic E-state index is -0.611. The van der Waals surface area contributed by atoms with Crippen LogP contribution in [0.2, 0.25) is 0 Å². The molecule has 1 fully saturated rings. The summed E-state index contributed by atoms with van der Waals surface area (Å²) < 4.78 is 11.0. The van der Waals surface area contributed by atoms with Crippen molar-refractivity contribution in [2.45, 2.75) is 31.7 Å². The van der Waals surface area contributed by atoms with Gasteiger partial charge in [0, 0.05) is 5.56 Å². The molecule has 0 saturated carbocycles. The lowest BCUT2D eigenvalue weighted by Gasteiger charge is -2.30. The number of esters is 1. The third-order valence-electron chi connectivity index (χ3n) is 5.33. The number of benzene rings is 2. The number of thioether (sulfide) groups is 1. The Morgan fingerprint density at radius 1 is 1.16 bits per heavy atom. The predicted molar refractivity (Wildman–Crippen MR) is 126 cm³/mol. The van der Waals surface area contributed by atoms with Crippen LogP contribution in [0.1, 0.15) is 25.0 Å². The highest BCUT2D eigenvalue weighted by Gasteiger charge is 2.44. The Balaban J connectivity index is 1.67. The van der Waals surface area contributed by atoms with E-state index in [1.807, 2.05) is 73.7 Å². The molecule has 4 rings (SSSR count). The molecule has 2 atom stereocenters. The molecule has 0 N–H and O–H groups in total. The van der Waals surface area contributed by atoms with E-state index in [0.717, 1.165) is 11.1 Å². The van der Waals surface area contributed by atoms with E-state index in [1.165, 1.54) is 11.8 Å². The summed E-state index contributed by atoms with van der Waals surface area (Å²) in [6.07, 6.45) is 3.71. The Morgan fingerprint density at radius 2 is 1.88 bits per heavy atom. The largest absolute Gasteiger partial charge is 0.496 e. The van der Waals surface area contributed by atoms with Crippen LogP contribution in [0, 0.1) is 0 Å². The molecular weight excluding hydrogens is 424 g/mol. The number of nitrogens with zero attached hydrogens (tertiary/aromatic N) is 2. The lowest BCUT2D eigenvalue weighted by atomic mass is 10.00. The fourth-order valence-electron chi connectivity index (χ4n) is 3.69. The Kier molecular flexibility index (Phi) is 6.46. The maximum Gasteiger partial charge on any atom is 0.338 e. The van der Waals surface area contributed by atoms with Crippen molar-refractivity contribution in [3.63, 3.8) is 0 Å². The molecule has 2 aromatic carbocycles. The number of allylic oxidation sites excluding steroid dienone is 1. The fraction of sp³-hybridized carbons (Fsp3) is 0.240. The summed E-state index contributed by atoms with van der Waals surface area (Å²) in [6, 6.07) is 16.5. The van der Waals surface area contributed by atoms with Gasteiger partial charge in [-0.1, -0.05) is 72.4 Å². The number of para-hydroxylation sites is 1. The van der Waals surface area contributed by atoms with Gasteiger partial charge in [0.05, 0.1) is 29.7 Å². The Morgan fingerprint density at radius 3 is 2.62 bits per heavy atom. The molecular formula is C25H24N2O4S. The monoisotopic (exact) mass is 448 g/mol. The highest BCUT2D eigenvalue weighted by atomic mass is 32.2. The number of aliphatic imine (C=N–C) groups is 1. The topological polar surface area (TPSA) is 68.2 Å². The van der Waals surface area contributed by atoms with Crippen molar-refractivity contribution in [3.8, 4) is 5.75 Å². The van der Waals surface area contributed by atoms with Crippen molar-refractivity contribution in [1.29, 1.82) is 0 Å². The molecule has 0 spiro atoms. The van der Waals surface area contributed by atoms with Crippen molar-refractivity contribution >= 4 is 34.9 Å². The molecule has 2 aliphatic heterocycles. The molecule has 1 amide bonds. The second-order valence-electron chi connectivity index (χ2n) is 7.47. The number of amidine groups is 1. The number of amides is 1. The smallest absolute Gasteiger partial charge is 0.338 e. The zero-order valence-corrected chi connectivity index (χ0v) is 19.0. The summed E-state index contributed by atoms with van der Waals surface area (Å²) in [5.41, 5.74) is 2.65. The molecule has 7 heteroatoms. The van der Waals surface area contributed by atoms with E-state index in [4.69, 9.17) is 9.47 Å². The van der Waals surface area contributed by atoms with Crippen LogP contribution in [-0.2, 0) is 20.9 Å². The van der Waals surface area contributed by atoms with Crippen LogP contribution in [0.5, 0.6) is 5.75 Å². The van der Waals surface area contributed by atoms with Crippen molar-refractivity contribution in [3.05, 3.63) is 83.1 Å². The summed E-state index contributed by atoms with van der Waals surface area (Å²) >= 11 is 1.40. The van der Waals surface area contributed by atoms with Gasteiger partial charge in [-0.25, -0.2) is 9.79 Å². The molecule has 1 saturated heterocycles. The van der Waals surface area contributed by atoms with Crippen LogP contribution < -0.4 is 4.74 Å². The maximum absolute atomic E-state index is 13.2. The van der Waals surface area contributed by atoms with E-state index in [0.29, 0.717) is 22.2 Å². The van der Waals surface area contributed by atoms with Gasteiger partial charge in [0.25, 0.3) is 0 Å². The van der Waals surface area contributed by atoms with E-state index in [1.54, 1.807) is 18.9 Å². The number of hydrogen-bond donors (Lipinski definition) is 0. The number of ether oxygens (including phenoxy) is 2. The molecule has 2 aromatic rings. The summed E-state index contributed by atoms with van der Waals surface area (Å²) in [7, 11) is 1.61. The van der Waals surface area contributed by atoms with Crippen LogP contribution in [0.15, 0.2) is 76.9 Å². The van der Waals surface area contributed by atoms with Gasteiger partial charge in [0.1, 0.15) is 12.4 Å². The van der Waals surface area contributed by atoms with Crippen LogP contribution >= 0.6 is 11.8 Å². The molecule has 6 nitrogen and oxygen atoms in total. The average Bonchev–Trinajstić information content (AvgIpc) is 3.09. The average molecular weight is 449 g/mol. The first kappa shape index (κ1) is 21.9. The third kappa shape index (κ3) is 4.34. The van der Waals surface area contributed by atoms with Crippen LogP contribution in [-0.4, -0.2) is 40.3 Å². The van der Waals surface area contributed by atoms with E-state index < -0.39 is 12.0 Å². The molecule has 2 heterocycles. The van der Waals surface area contributed by atoms with Crippen molar-refractivity contribution < 1.29 is 19.1 Å². The third-order valence-corrected chi connectivity index (χ3v) is 6.38. The van der Waals surface area contributed by atoms with Crippen molar-refractivity contribution in [2.24, 2.45) is 4.99 Å². The second-order valence-corrected chi connectivity index (χ2v) is 8.78. The number of rotatable bonds is 6. The zero-order valence-electron chi connectivity index (χ0n) is 18.1. The van der Waals surface area contributed by atoms with E-state index in [-0.39, 0.29) is 17.8 Å². The fourth-order valence-corrected chi connectivity index (χ4v) is 4.73. The first-order chi connectivity index (χ1) is 15.5. The number of fused-ring (bicyclic) bond motifs is 1. The molecule has 164 valence electrons. The molecule has 2 aliphatic rings. The van der Waals surface area contributed by atoms with Gasteiger partial charge in [-0.2, -0.15) is 0 Å². The lowest BCUT2D eigenvalue weighted by molar-refractivity contribution is -0.141.